The molecule has 82 valence electrons. The maximum atomic E-state index is 11.6. The SMILES string of the molecule is CCNC(=O)c1cccc(-n2cccc2)c1. The van der Waals surface area contributed by atoms with Crippen LogP contribution in [0, 0.1) is 0 Å². The molecule has 1 aromatic carbocycles. The van der Waals surface area contributed by atoms with Crippen molar-refractivity contribution in [3.63, 3.8) is 0 Å². The van der Waals surface area contributed by atoms with Gasteiger partial charge in [-0.3, -0.25) is 4.79 Å². The Morgan fingerprint density at radius 2 is 2.00 bits per heavy atom. The molecule has 0 radical (unpaired) electrons. The lowest BCUT2D eigenvalue weighted by atomic mass is 10.2. The summed E-state index contributed by atoms with van der Waals surface area (Å²) >= 11 is 0. The minimum Gasteiger partial charge on any atom is -0.352 e. The zero-order chi connectivity index (χ0) is 11.4. The summed E-state index contributed by atoms with van der Waals surface area (Å²) in [5.74, 6) is -0.0310. The van der Waals surface area contributed by atoms with Crippen molar-refractivity contribution in [1.82, 2.24) is 9.88 Å². The fraction of sp³-hybridized carbons (Fsp3) is 0.154. The summed E-state index contributed by atoms with van der Waals surface area (Å²) in [5, 5.41) is 2.79. The number of nitrogens with zero attached hydrogens (tertiary/aromatic N) is 1. The van der Waals surface area contributed by atoms with Gasteiger partial charge in [-0.2, -0.15) is 0 Å². The van der Waals surface area contributed by atoms with Crippen LogP contribution in [0.3, 0.4) is 0 Å². The minimum atomic E-state index is -0.0310. The molecule has 0 saturated heterocycles. The molecular weight excluding hydrogens is 200 g/mol. The number of rotatable bonds is 3. The Kier molecular flexibility index (Phi) is 3.05. The molecule has 1 N–H and O–H groups in total. The van der Waals surface area contributed by atoms with Gasteiger partial charge < -0.3 is 9.88 Å². The smallest absolute Gasteiger partial charge is 0.251 e. The highest BCUT2D eigenvalue weighted by Gasteiger charge is 2.04. The Bertz CT molecular complexity index is 474. The number of amides is 1. The van der Waals surface area contributed by atoms with Crippen LogP contribution in [-0.2, 0) is 0 Å². The molecule has 0 aliphatic carbocycles. The van der Waals surface area contributed by atoms with Crippen molar-refractivity contribution >= 4 is 5.91 Å². The second kappa shape index (κ2) is 4.66. The lowest BCUT2D eigenvalue weighted by molar-refractivity contribution is 0.0956. The summed E-state index contributed by atoms with van der Waals surface area (Å²) in [6.07, 6.45) is 3.91. The van der Waals surface area contributed by atoms with Gasteiger partial charge in [-0.15, -0.1) is 0 Å². The standard InChI is InChI=1S/C13H14N2O/c1-2-14-13(16)11-6-5-7-12(10-11)15-8-3-4-9-15/h3-10H,2H2,1H3,(H,14,16). The molecule has 3 nitrogen and oxygen atoms in total. The molecule has 2 aromatic rings. The second-order valence-electron chi connectivity index (χ2n) is 3.50. The van der Waals surface area contributed by atoms with Crippen LogP contribution in [0.15, 0.2) is 48.8 Å². The van der Waals surface area contributed by atoms with Crippen LogP contribution in [0.25, 0.3) is 5.69 Å². The van der Waals surface area contributed by atoms with Crippen molar-refractivity contribution in [2.24, 2.45) is 0 Å². The van der Waals surface area contributed by atoms with E-state index in [0.717, 1.165) is 5.69 Å². The predicted molar refractivity (Wildman–Crippen MR) is 63.8 cm³/mol. The molecule has 1 heterocycles. The van der Waals surface area contributed by atoms with E-state index in [4.69, 9.17) is 0 Å². The minimum absolute atomic E-state index is 0.0310. The van der Waals surface area contributed by atoms with Crippen LogP contribution in [0.2, 0.25) is 0 Å². The fourth-order valence-corrected chi connectivity index (χ4v) is 1.58. The first kappa shape index (κ1) is 10.5. The molecule has 0 aliphatic rings. The Morgan fingerprint density at radius 3 is 2.69 bits per heavy atom. The maximum Gasteiger partial charge on any atom is 0.251 e. The predicted octanol–water partition coefficient (Wildman–Crippen LogP) is 2.23. The quantitative estimate of drug-likeness (QED) is 0.835. The van der Waals surface area contributed by atoms with E-state index in [1.54, 1.807) is 0 Å². The molecule has 2 rings (SSSR count). The highest BCUT2D eigenvalue weighted by molar-refractivity contribution is 5.94. The van der Waals surface area contributed by atoms with Crippen molar-refractivity contribution < 1.29 is 4.79 Å². The Balaban J connectivity index is 2.30. The molecule has 0 spiro atoms. The number of carbonyl (C=O) groups excluding carboxylic acids is 1. The van der Waals surface area contributed by atoms with Crippen molar-refractivity contribution in [3.8, 4) is 5.69 Å². The summed E-state index contributed by atoms with van der Waals surface area (Å²) < 4.78 is 1.97. The third-order valence-electron chi connectivity index (χ3n) is 2.35. The van der Waals surface area contributed by atoms with E-state index in [1.165, 1.54) is 0 Å². The van der Waals surface area contributed by atoms with Gasteiger partial charge in [-0.25, -0.2) is 0 Å². The third kappa shape index (κ3) is 2.14. The summed E-state index contributed by atoms with van der Waals surface area (Å²) in [5.41, 5.74) is 1.68. The summed E-state index contributed by atoms with van der Waals surface area (Å²) in [4.78, 5) is 11.6. The van der Waals surface area contributed by atoms with Crippen LogP contribution >= 0.6 is 0 Å². The van der Waals surface area contributed by atoms with Gasteiger partial charge in [-0.1, -0.05) is 6.07 Å². The summed E-state index contributed by atoms with van der Waals surface area (Å²) in [6, 6.07) is 11.5. The number of aromatic nitrogens is 1. The Labute approximate surface area is 94.7 Å². The van der Waals surface area contributed by atoms with Crippen LogP contribution in [0.1, 0.15) is 17.3 Å². The highest BCUT2D eigenvalue weighted by atomic mass is 16.1. The van der Waals surface area contributed by atoms with E-state index in [1.807, 2.05) is 60.3 Å². The monoisotopic (exact) mass is 214 g/mol. The third-order valence-corrected chi connectivity index (χ3v) is 2.35. The lowest BCUT2D eigenvalue weighted by Crippen LogP contribution is -2.22. The van der Waals surface area contributed by atoms with Gasteiger partial charge in [0.05, 0.1) is 0 Å². The first-order valence-electron chi connectivity index (χ1n) is 5.33. The molecule has 3 heteroatoms. The van der Waals surface area contributed by atoms with E-state index in [-0.39, 0.29) is 5.91 Å². The topological polar surface area (TPSA) is 34.0 Å². The normalized spacial score (nSPS) is 10.1. The molecule has 0 fully saturated rings. The number of hydrogen-bond acceptors (Lipinski definition) is 1. The van der Waals surface area contributed by atoms with Gasteiger partial charge in [0.25, 0.3) is 5.91 Å². The zero-order valence-corrected chi connectivity index (χ0v) is 9.18. The summed E-state index contributed by atoms with van der Waals surface area (Å²) in [6.45, 7) is 2.56. The van der Waals surface area contributed by atoms with Crippen LogP contribution in [0.4, 0.5) is 0 Å². The number of nitrogens with one attached hydrogen (secondary N) is 1. The average Bonchev–Trinajstić information content (AvgIpc) is 2.83. The molecular formula is C13H14N2O. The molecule has 0 unspecified atom stereocenters. The van der Waals surface area contributed by atoms with Gasteiger partial charge in [0, 0.05) is 30.2 Å². The molecule has 0 aliphatic heterocycles. The van der Waals surface area contributed by atoms with E-state index in [2.05, 4.69) is 5.32 Å². The van der Waals surface area contributed by atoms with Crippen molar-refractivity contribution in [3.05, 3.63) is 54.4 Å². The van der Waals surface area contributed by atoms with Crippen molar-refractivity contribution in [2.75, 3.05) is 6.54 Å². The number of hydrogen-bond donors (Lipinski definition) is 1. The van der Waals surface area contributed by atoms with Crippen molar-refractivity contribution in [2.45, 2.75) is 6.92 Å². The Hall–Kier alpha value is -2.03. The number of carbonyl (C=O) groups is 1. The van der Waals surface area contributed by atoms with E-state index in [9.17, 15) is 4.79 Å². The van der Waals surface area contributed by atoms with Gasteiger partial charge in [-0.05, 0) is 37.3 Å². The van der Waals surface area contributed by atoms with Gasteiger partial charge in [0.2, 0.25) is 0 Å². The summed E-state index contributed by atoms with van der Waals surface area (Å²) in [7, 11) is 0. The lowest BCUT2D eigenvalue weighted by Gasteiger charge is -2.06. The molecule has 1 amide bonds. The molecule has 0 bridgehead atoms. The van der Waals surface area contributed by atoms with E-state index >= 15 is 0 Å². The van der Waals surface area contributed by atoms with Gasteiger partial charge in [0.15, 0.2) is 0 Å². The number of benzene rings is 1. The van der Waals surface area contributed by atoms with Crippen molar-refractivity contribution in [1.29, 1.82) is 0 Å². The second-order valence-corrected chi connectivity index (χ2v) is 3.50. The van der Waals surface area contributed by atoms with Crippen LogP contribution in [0.5, 0.6) is 0 Å². The van der Waals surface area contributed by atoms with E-state index < -0.39 is 0 Å². The largest absolute Gasteiger partial charge is 0.352 e. The molecule has 0 saturated carbocycles. The fourth-order valence-electron chi connectivity index (χ4n) is 1.58. The molecule has 1 aromatic heterocycles. The average molecular weight is 214 g/mol. The van der Waals surface area contributed by atoms with Gasteiger partial charge in [0.1, 0.15) is 0 Å². The molecule has 16 heavy (non-hydrogen) atoms. The first-order valence-corrected chi connectivity index (χ1v) is 5.33. The van der Waals surface area contributed by atoms with Crippen LogP contribution in [-0.4, -0.2) is 17.0 Å². The van der Waals surface area contributed by atoms with Crippen LogP contribution < -0.4 is 5.32 Å². The highest BCUT2D eigenvalue weighted by Crippen LogP contribution is 2.10. The molecule has 0 atom stereocenters. The Morgan fingerprint density at radius 1 is 1.25 bits per heavy atom. The first-order chi connectivity index (χ1) is 7.81. The van der Waals surface area contributed by atoms with E-state index in [0.29, 0.717) is 12.1 Å². The maximum absolute atomic E-state index is 11.6. The van der Waals surface area contributed by atoms with Gasteiger partial charge >= 0.3 is 0 Å². The zero-order valence-electron chi connectivity index (χ0n) is 9.18.